The zero-order valence-corrected chi connectivity index (χ0v) is 16.4. The minimum Gasteiger partial charge on any atom is -0.312 e. The summed E-state index contributed by atoms with van der Waals surface area (Å²) in [4.78, 5) is 12.5. The van der Waals surface area contributed by atoms with E-state index in [-0.39, 0.29) is 23.3 Å². The van der Waals surface area contributed by atoms with Crippen LogP contribution in [-0.2, 0) is 28.4 Å². The minimum atomic E-state index is -3.66. The second-order valence-electron chi connectivity index (χ2n) is 6.10. The molecule has 1 unspecified atom stereocenters. The van der Waals surface area contributed by atoms with Gasteiger partial charge >= 0.3 is 7.60 Å². The Morgan fingerprint density at radius 3 is 2.40 bits per heavy atom. The molecule has 1 heterocycles. The number of rotatable bonds is 8. The smallest absolute Gasteiger partial charge is 0.312 e. The quantitative estimate of drug-likeness (QED) is 0.635. The van der Waals surface area contributed by atoms with Crippen molar-refractivity contribution in [3.63, 3.8) is 0 Å². The number of hydrogen-bond acceptors (Lipinski definition) is 6. The first-order valence-corrected chi connectivity index (χ1v) is 11.2. The zero-order chi connectivity index (χ0) is 18.7. The highest BCUT2D eigenvalue weighted by Gasteiger charge is 2.37. The lowest BCUT2D eigenvalue weighted by atomic mass is 10.1. The van der Waals surface area contributed by atoms with Crippen LogP contribution in [0.2, 0.25) is 0 Å². The largest absolute Gasteiger partial charge is 0.337 e. The third-order valence-electron chi connectivity index (χ3n) is 4.34. The van der Waals surface area contributed by atoms with Crippen LogP contribution in [0.15, 0.2) is 29.2 Å². The summed E-state index contributed by atoms with van der Waals surface area (Å²) in [6, 6.07) is 6.21. The van der Waals surface area contributed by atoms with E-state index in [0.717, 1.165) is 5.56 Å². The van der Waals surface area contributed by atoms with E-state index in [9.17, 15) is 17.8 Å². The summed E-state index contributed by atoms with van der Waals surface area (Å²) >= 11 is 0. The van der Waals surface area contributed by atoms with E-state index in [4.69, 9.17) is 9.05 Å². The molecule has 25 heavy (non-hydrogen) atoms. The molecule has 9 heteroatoms. The van der Waals surface area contributed by atoms with Gasteiger partial charge in [-0.1, -0.05) is 17.7 Å². The van der Waals surface area contributed by atoms with Gasteiger partial charge in [-0.15, -0.1) is 0 Å². The van der Waals surface area contributed by atoms with Gasteiger partial charge in [-0.05, 0) is 31.9 Å². The highest BCUT2D eigenvalue weighted by atomic mass is 32.2. The lowest BCUT2D eigenvalue weighted by Gasteiger charge is -2.24. The Bertz CT molecular complexity index is 753. The van der Waals surface area contributed by atoms with E-state index in [2.05, 4.69) is 0 Å². The number of Topliss-reactive ketones (excluding diaryl/α,β-unsaturated/α-hetero) is 1. The van der Waals surface area contributed by atoms with E-state index in [1.807, 2.05) is 6.92 Å². The standard InChI is InChI=1S/C16H24NO6PS/c1-13-6-8-16(9-7-13)25(20,21)17-10-4-5-14(17)11-15(18)12-24(19,22-2)23-3/h6-9,14H,4-5,10-12H2,1-3H3. The summed E-state index contributed by atoms with van der Waals surface area (Å²) in [5.41, 5.74) is 0.974. The summed E-state index contributed by atoms with van der Waals surface area (Å²) in [7, 11) is -4.64. The van der Waals surface area contributed by atoms with Crippen molar-refractivity contribution in [1.82, 2.24) is 4.31 Å². The maximum Gasteiger partial charge on any atom is 0.337 e. The van der Waals surface area contributed by atoms with Gasteiger partial charge in [0.15, 0.2) is 0 Å². The number of aryl methyl sites for hydroxylation is 1. The van der Waals surface area contributed by atoms with Gasteiger partial charge in [0, 0.05) is 33.2 Å². The van der Waals surface area contributed by atoms with Crippen LogP contribution >= 0.6 is 7.60 Å². The molecule has 1 aromatic carbocycles. The van der Waals surface area contributed by atoms with E-state index in [1.165, 1.54) is 18.5 Å². The van der Waals surface area contributed by atoms with E-state index in [1.54, 1.807) is 24.3 Å². The van der Waals surface area contributed by atoms with Gasteiger partial charge < -0.3 is 9.05 Å². The molecule has 0 radical (unpaired) electrons. The van der Waals surface area contributed by atoms with Crippen molar-refractivity contribution >= 4 is 23.4 Å². The second kappa shape index (κ2) is 8.10. The van der Waals surface area contributed by atoms with Gasteiger partial charge in [0.05, 0.1) is 4.90 Å². The molecule has 0 spiro atoms. The number of hydrogen-bond donors (Lipinski definition) is 0. The Labute approximate surface area is 148 Å². The highest BCUT2D eigenvalue weighted by Crippen LogP contribution is 2.46. The molecular weight excluding hydrogens is 365 g/mol. The third-order valence-corrected chi connectivity index (χ3v) is 8.16. The highest BCUT2D eigenvalue weighted by molar-refractivity contribution is 7.89. The second-order valence-corrected chi connectivity index (χ2v) is 10.3. The molecule has 1 aliphatic rings. The van der Waals surface area contributed by atoms with Gasteiger partial charge in [0.1, 0.15) is 11.9 Å². The zero-order valence-electron chi connectivity index (χ0n) is 14.7. The third kappa shape index (κ3) is 4.77. The summed E-state index contributed by atoms with van der Waals surface area (Å²) in [5.74, 6) is -0.331. The van der Waals surface area contributed by atoms with Crippen LogP contribution in [0.25, 0.3) is 0 Å². The summed E-state index contributed by atoms with van der Waals surface area (Å²) in [6.45, 7) is 2.26. The lowest BCUT2D eigenvalue weighted by molar-refractivity contribution is -0.117. The number of carbonyl (C=O) groups is 1. The van der Waals surface area contributed by atoms with Gasteiger partial charge in [-0.3, -0.25) is 9.36 Å². The normalized spacial score (nSPS) is 19.2. The number of ketones is 1. The van der Waals surface area contributed by atoms with Crippen LogP contribution < -0.4 is 0 Å². The average Bonchev–Trinajstić information content (AvgIpc) is 3.03. The van der Waals surface area contributed by atoms with Crippen LogP contribution in [0, 0.1) is 6.92 Å². The molecular formula is C16H24NO6PS. The lowest BCUT2D eigenvalue weighted by Crippen LogP contribution is -2.37. The van der Waals surface area contributed by atoms with Crippen LogP contribution in [-0.4, -0.2) is 51.5 Å². The molecule has 1 aromatic rings. The topological polar surface area (TPSA) is 90.0 Å². The van der Waals surface area contributed by atoms with Crippen molar-refractivity contribution in [3.05, 3.63) is 29.8 Å². The predicted octanol–water partition coefficient (Wildman–Crippen LogP) is 2.59. The molecule has 0 saturated carbocycles. The van der Waals surface area contributed by atoms with E-state index < -0.39 is 23.7 Å². The predicted molar refractivity (Wildman–Crippen MR) is 94.2 cm³/mol. The molecule has 1 saturated heterocycles. The Morgan fingerprint density at radius 1 is 1.24 bits per heavy atom. The van der Waals surface area contributed by atoms with Crippen molar-refractivity contribution in [2.75, 3.05) is 26.9 Å². The first-order valence-electron chi connectivity index (χ1n) is 8.02. The molecule has 0 amide bonds. The Hall–Kier alpha value is -1.05. The number of sulfonamides is 1. The monoisotopic (exact) mass is 389 g/mol. The maximum atomic E-state index is 12.8. The van der Waals surface area contributed by atoms with Crippen molar-refractivity contribution < 1.29 is 26.8 Å². The summed E-state index contributed by atoms with van der Waals surface area (Å²) < 4.78 is 48.7. The summed E-state index contributed by atoms with van der Waals surface area (Å²) in [6.07, 6.45) is 0.938. The van der Waals surface area contributed by atoms with E-state index in [0.29, 0.717) is 19.4 Å². The first-order chi connectivity index (χ1) is 11.7. The van der Waals surface area contributed by atoms with Gasteiger partial charge in [0.25, 0.3) is 0 Å². The fourth-order valence-electron chi connectivity index (χ4n) is 2.92. The van der Waals surface area contributed by atoms with Crippen LogP contribution in [0.5, 0.6) is 0 Å². The number of benzene rings is 1. The Morgan fingerprint density at radius 2 is 1.84 bits per heavy atom. The van der Waals surface area contributed by atoms with Crippen molar-refractivity contribution in [1.29, 1.82) is 0 Å². The molecule has 1 fully saturated rings. The molecule has 0 aromatic heterocycles. The number of nitrogens with zero attached hydrogens (tertiary/aromatic N) is 1. The van der Waals surface area contributed by atoms with Crippen LogP contribution in [0.3, 0.4) is 0 Å². The van der Waals surface area contributed by atoms with Crippen LogP contribution in [0.1, 0.15) is 24.8 Å². The van der Waals surface area contributed by atoms with Crippen molar-refractivity contribution in [2.24, 2.45) is 0 Å². The van der Waals surface area contributed by atoms with E-state index >= 15 is 0 Å². The average molecular weight is 389 g/mol. The molecule has 7 nitrogen and oxygen atoms in total. The molecule has 1 aliphatic heterocycles. The maximum absolute atomic E-state index is 12.8. The molecule has 0 aliphatic carbocycles. The van der Waals surface area contributed by atoms with Crippen LogP contribution in [0.4, 0.5) is 0 Å². The first kappa shape index (κ1) is 20.3. The summed E-state index contributed by atoms with van der Waals surface area (Å²) in [5, 5.41) is 0. The Kier molecular flexibility index (Phi) is 6.56. The molecule has 140 valence electrons. The molecule has 2 rings (SSSR count). The van der Waals surface area contributed by atoms with Crippen molar-refractivity contribution in [3.8, 4) is 0 Å². The Balaban J connectivity index is 2.13. The SMILES string of the molecule is COP(=O)(CC(=O)CC1CCCN1S(=O)(=O)c1ccc(C)cc1)OC. The van der Waals surface area contributed by atoms with Crippen molar-refractivity contribution in [2.45, 2.75) is 37.1 Å². The molecule has 0 N–H and O–H groups in total. The van der Waals surface area contributed by atoms with Gasteiger partial charge in [-0.2, -0.15) is 4.31 Å². The van der Waals surface area contributed by atoms with Gasteiger partial charge in [0.2, 0.25) is 10.0 Å². The molecule has 1 atom stereocenters. The minimum absolute atomic E-state index is 0.00179. The number of carbonyl (C=O) groups excluding carboxylic acids is 1. The fraction of sp³-hybridized carbons (Fsp3) is 0.562. The fourth-order valence-corrected chi connectivity index (χ4v) is 5.58. The van der Waals surface area contributed by atoms with Gasteiger partial charge in [-0.25, -0.2) is 8.42 Å². The molecule has 0 bridgehead atoms.